The van der Waals surface area contributed by atoms with Crippen LogP contribution in [0, 0.1) is 0 Å². The van der Waals surface area contributed by atoms with Gasteiger partial charge in [0.2, 0.25) is 0 Å². The van der Waals surface area contributed by atoms with E-state index < -0.39 is 37.6 Å². The van der Waals surface area contributed by atoms with E-state index in [0.29, 0.717) is 0 Å². The lowest BCUT2D eigenvalue weighted by Crippen LogP contribution is -2.36. The Morgan fingerprint density at radius 3 is 2.28 bits per heavy atom. The average molecular weight is 454 g/mol. The lowest BCUT2D eigenvalue weighted by Gasteiger charge is -2.15. The minimum Gasteiger partial charge on any atom is -0.481 e. The first-order valence-corrected chi connectivity index (χ1v) is 10.2. The van der Waals surface area contributed by atoms with Crippen LogP contribution >= 0.6 is 19.2 Å². The summed E-state index contributed by atoms with van der Waals surface area (Å²) < 4.78 is 59.5. The zero-order valence-corrected chi connectivity index (χ0v) is 16.5. The standard InChI is InChI=1S/C17H16ClF3NO6P/c1-10(16(23)22-9-29(24,25)26)27-12-3-5-13(6-4-12)28-15-7-2-11(8-14(15)18)17(19,20)21/h2-8,10H,9H2,1H3,(H,22,23)(H2,24,25,26). The summed E-state index contributed by atoms with van der Waals surface area (Å²) in [7, 11) is -4.38. The van der Waals surface area contributed by atoms with E-state index in [1.165, 1.54) is 31.2 Å². The largest absolute Gasteiger partial charge is 0.481 e. The van der Waals surface area contributed by atoms with E-state index in [1.807, 2.05) is 0 Å². The van der Waals surface area contributed by atoms with Gasteiger partial charge in [-0.15, -0.1) is 0 Å². The summed E-state index contributed by atoms with van der Waals surface area (Å²) >= 11 is 5.83. The third kappa shape index (κ3) is 7.25. The Morgan fingerprint density at radius 1 is 1.17 bits per heavy atom. The van der Waals surface area contributed by atoms with Crippen LogP contribution in [0.4, 0.5) is 13.2 Å². The molecule has 0 heterocycles. The molecule has 1 unspecified atom stereocenters. The van der Waals surface area contributed by atoms with Crippen molar-refractivity contribution in [2.24, 2.45) is 0 Å². The molecule has 0 aliphatic carbocycles. The average Bonchev–Trinajstić information content (AvgIpc) is 2.61. The molecule has 0 saturated carbocycles. The predicted molar refractivity (Wildman–Crippen MR) is 98.1 cm³/mol. The van der Waals surface area contributed by atoms with Crippen LogP contribution in [0.3, 0.4) is 0 Å². The Kier molecular flexibility index (Phi) is 7.18. The van der Waals surface area contributed by atoms with Crippen molar-refractivity contribution in [1.29, 1.82) is 0 Å². The summed E-state index contributed by atoms with van der Waals surface area (Å²) in [6, 6.07) is 8.49. The number of halogens is 4. The third-order valence-corrected chi connectivity index (χ3v) is 4.32. The normalized spacial score (nSPS) is 12.9. The first kappa shape index (κ1) is 23.0. The van der Waals surface area contributed by atoms with Crippen molar-refractivity contribution in [3.63, 3.8) is 0 Å². The van der Waals surface area contributed by atoms with Crippen LogP contribution in [-0.2, 0) is 15.5 Å². The molecular weight excluding hydrogens is 438 g/mol. The van der Waals surface area contributed by atoms with E-state index in [-0.39, 0.29) is 22.3 Å². The number of carbonyl (C=O) groups is 1. The molecule has 12 heteroatoms. The Labute approximate surface area is 168 Å². The number of rotatable bonds is 7. The van der Waals surface area contributed by atoms with Gasteiger partial charge in [0.15, 0.2) is 6.10 Å². The van der Waals surface area contributed by atoms with Crippen LogP contribution in [0.5, 0.6) is 17.2 Å². The number of amides is 1. The molecule has 7 nitrogen and oxygen atoms in total. The second-order valence-corrected chi connectivity index (χ2v) is 7.89. The molecule has 1 amide bonds. The van der Waals surface area contributed by atoms with Crippen molar-refractivity contribution in [2.75, 3.05) is 6.29 Å². The van der Waals surface area contributed by atoms with Crippen LogP contribution in [-0.4, -0.2) is 28.1 Å². The molecule has 0 aromatic heterocycles. The molecule has 0 spiro atoms. The van der Waals surface area contributed by atoms with Gasteiger partial charge in [-0.05, 0) is 49.4 Å². The fourth-order valence-electron chi connectivity index (χ4n) is 2.06. The SMILES string of the molecule is CC(Oc1ccc(Oc2ccc(C(F)(F)F)cc2Cl)cc1)C(=O)NCP(=O)(O)O. The van der Waals surface area contributed by atoms with Crippen molar-refractivity contribution in [1.82, 2.24) is 5.32 Å². The van der Waals surface area contributed by atoms with Gasteiger partial charge in [0, 0.05) is 0 Å². The van der Waals surface area contributed by atoms with Gasteiger partial charge in [0.05, 0.1) is 10.6 Å². The number of carbonyl (C=O) groups excluding carboxylic acids is 1. The van der Waals surface area contributed by atoms with Crippen molar-refractivity contribution >= 4 is 25.1 Å². The Balaban J connectivity index is 1.98. The smallest absolute Gasteiger partial charge is 0.416 e. The van der Waals surface area contributed by atoms with E-state index in [2.05, 4.69) is 5.32 Å². The first-order chi connectivity index (χ1) is 13.3. The minimum absolute atomic E-state index is 0.0264. The molecule has 0 saturated heterocycles. The molecular formula is C17H16ClF3NO6P. The molecule has 0 fully saturated rings. The number of nitrogens with one attached hydrogen (secondary N) is 1. The predicted octanol–water partition coefficient (Wildman–Crippen LogP) is 4.17. The van der Waals surface area contributed by atoms with Crippen molar-refractivity contribution < 1.29 is 41.8 Å². The quantitative estimate of drug-likeness (QED) is 0.543. The Bertz CT molecular complexity index is 916. The molecule has 2 aromatic rings. The molecule has 29 heavy (non-hydrogen) atoms. The van der Waals surface area contributed by atoms with E-state index in [1.54, 1.807) is 0 Å². The number of hydrogen-bond donors (Lipinski definition) is 3. The van der Waals surface area contributed by atoms with E-state index in [9.17, 15) is 22.5 Å². The molecule has 158 valence electrons. The van der Waals surface area contributed by atoms with E-state index >= 15 is 0 Å². The fourth-order valence-corrected chi connectivity index (χ4v) is 2.64. The summed E-state index contributed by atoms with van der Waals surface area (Å²) in [5.41, 5.74) is -0.899. The van der Waals surface area contributed by atoms with Crippen LogP contribution < -0.4 is 14.8 Å². The van der Waals surface area contributed by atoms with Gasteiger partial charge >= 0.3 is 13.8 Å². The molecule has 0 aliphatic heterocycles. The fraction of sp³-hybridized carbons (Fsp3) is 0.235. The number of ether oxygens (including phenoxy) is 2. The second-order valence-electron chi connectivity index (χ2n) is 5.84. The molecule has 0 radical (unpaired) electrons. The van der Waals surface area contributed by atoms with Crippen molar-refractivity contribution in [2.45, 2.75) is 19.2 Å². The Morgan fingerprint density at radius 2 is 1.76 bits per heavy atom. The topological polar surface area (TPSA) is 105 Å². The summed E-state index contributed by atoms with van der Waals surface area (Å²) in [4.78, 5) is 29.2. The number of alkyl halides is 3. The second kappa shape index (κ2) is 9.04. The summed E-state index contributed by atoms with van der Waals surface area (Å²) in [5, 5.41) is 1.85. The first-order valence-electron chi connectivity index (χ1n) is 7.99. The highest BCUT2D eigenvalue weighted by molar-refractivity contribution is 7.51. The van der Waals surface area contributed by atoms with Crippen LogP contribution in [0.15, 0.2) is 42.5 Å². The van der Waals surface area contributed by atoms with Gasteiger partial charge in [0.25, 0.3) is 5.91 Å². The minimum atomic E-state index is -4.52. The summed E-state index contributed by atoms with van der Waals surface area (Å²) in [6.45, 7) is 1.39. The number of benzene rings is 2. The van der Waals surface area contributed by atoms with E-state index in [4.69, 9.17) is 30.9 Å². The number of hydrogen-bond acceptors (Lipinski definition) is 4. The summed E-state index contributed by atoms with van der Waals surface area (Å²) in [6.07, 6.45) is -6.35. The zero-order valence-electron chi connectivity index (χ0n) is 14.8. The van der Waals surface area contributed by atoms with Gasteiger partial charge in [0.1, 0.15) is 23.5 Å². The molecule has 2 aromatic carbocycles. The molecule has 0 aliphatic rings. The highest BCUT2D eigenvalue weighted by Gasteiger charge is 2.31. The third-order valence-electron chi connectivity index (χ3n) is 3.45. The highest BCUT2D eigenvalue weighted by Crippen LogP contribution is 2.36. The van der Waals surface area contributed by atoms with Gasteiger partial charge in [-0.1, -0.05) is 11.6 Å². The van der Waals surface area contributed by atoms with Crippen LogP contribution in [0.25, 0.3) is 0 Å². The lowest BCUT2D eigenvalue weighted by atomic mass is 10.2. The van der Waals surface area contributed by atoms with Gasteiger partial charge in [-0.25, -0.2) is 0 Å². The highest BCUT2D eigenvalue weighted by atomic mass is 35.5. The van der Waals surface area contributed by atoms with Crippen molar-refractivity contribution in [3.8, 4) is 17.2 Å². The van der Waals surface area contributed by atoms with Gasteiger partial charge in [-0.3, -0.25) is 9.36 Å². The molecule has 2 rings (SSSR count). The zero-order chi connectivity index (χ0) is 21.8. The summed E-state index contributed by atoms with van der Waals surface area (Å²) in [5.74, 6) is -0.170. The van der Waals surface area contributed by atoms with E-state index in [0.717, 1.165) is 18.2 Å². The monoisotopic (exact) mass is 453 g/mol. The van der Waals surface area contributed by atoms with Crippen LogP contribution in [0.1, 0.15) is 12.5 Å². The maximum atomic E-state index is 12.7. The Hall–Kier alpha value is -2.26. The maximum Gasteiger partial charge on any atom is 0.416 e. The van der Waals surface area contributed by atoms with Gasteiger partial charge in [-0.2, -0.15) is 13.2 Å². The maximum absolute atomic E-state index is 12.7. The van der Waals surface area contributed by atoms with Crippen molar-refractivity contribution in [3.05, 3.63) is 53.1 Å². The van der Waals surface area contributed by atoms with Crippen LogP contribution in [0.2, 0.25) is 5.02 Å². The van der Waals surface area contributed by atoms with Gasteiger partial charge < -0.3 is 24.6 Å². The molecule has 3 N–H and O–H groups in total. The lowest BCUT2D eigenvalue weighted by molar-refractivity contribution is -0.137. The molecule has 1 atom stereocenters. The molecule has 0 bridgehead atoms.